The summed E-state index contributed by atoms with van der Waals surface area (Å²) in [7, 11) is 3.69. The molecule has 1 aliphatic heterocycles. The van der Waals surface area contributed by atoms with E-state index in [0.717, 1.165) is 30.8 Å². The number of hydrogen-bond donors (Lipinski definition) is 2. The number of anilines is 1. The van der Waals surface area contributed by atoms with E-state index in [2.05, 4.69) is 40.6 Å². The quantitative estimate of drug-likeness (QED) is 0.368. The molecule has 1 atom stereocenters. The number of benzene rings is 1. The van der Waals surface area contributed by atoms with Gasteiger partial charge in [-0.15, -0.1) is 24.0 Å². The Balaban J connectivity index is 0.00000300. The first kappa shape index (κ1) is 23.2. The summed E-state index contributed by atoms with van der Waals surface area (Å²) in [5.41, 5.74) is 5.74. The molecule has 29 heavy (non-hydrogen) atoms. The van der Waals surface area contributed by atoms with Crippen molar-refractivity contribution >= 4 is 41.5 Å². The molecule has 0 bridgehead atoms. The van der Waals surface area contributed by atoms with Crippen LogP contribution in [0.15, 0.2) is 29.3 Å². The summed E-state index contributed by atoms with van der Waals surface area (Å²) in [5.74, 6) is 0.687. The topological polar surface area (TPSA) is 74.6 Å². The van der Waals surface area contributed by atoms with Crippen LogP contribution in [0, 0.1) is 13.8 Å². The number of amides is 1. The second kappa shape index (κ2) is 10.1. The Morgan fingerprint density at radius 2 is 2.03 bits per heavy atom. The van der Waals surface area contributed by atoms with Crippen LogP contribution in [0.5, 0.6) is 0 Å². The number of nitrogens with zero attached hydrogens (tertiary/aromatic N) is 4. The molecule has 1 aromatic carbocycles. The number of para-hydroxylation sites is 1. The largest absolute Gasteiger partial charge is 0.354 e. The second-order valence-electron chi connectivity index (χ2n) is 7.37. The molecule has 0 aliphatic carbocycles. The van der Waals surface area contributed by atoms with E-state index < -0.39 is 0 Å². The third-order valence-corrected chi connectivity index (χ3v) is 5.37. The van der Waals surface area contributed by atoms with E-state index in [-0.39, 0.29) is 42.5 Å². The summed E-state index contributed by atoms with van der Waals surface area (Å²) in [6.45, 7) is 7.18. The number of nitrogens with one attached hydrogen (secondary N) is 2. The van der Waals surface area contributed by atoms with Gasteiger partial charge in [-0.1, -0.05) is 18.2 Å². The Morgan fingerprint density at radius 1 is 1.31 bits per heavy atom. The number of guanidine groups is 1. The van der Waals surface area contributed by atoms with Gasteiger partial charge in [0.05, 0.1) is 12.2 Å². The SMILES string of the molecule is CN=C(NCC(=O)N1CCc2ccccc21)NC(C)Cc1c(C)nn(C)c1C.I. The molecule has 2 N–H and O–H groups in total. The fourth-order valence-corrected chi connectivity index (χ4v) is 3.75. The lowest BCUT2D eigenvalue weighted by molar-refractivity contribution is -0.117. The van der Waals surface area contributed by atoms with Crippen LogP contribution in [-0.4, -0.2) is 47.8 Å². The van der Waals surface area contributed by atoms with Crippen LogP contribution >= 0.6 is 24.0 Å². The van der Waals surface area contributed by atoms with E-state index in [4.69, 9.17) is 0 Å². The molecule has 3 rings (SSSR count). The number of aryl methyl sites for hydroxylation is 2. The van der Waals surface area contributed by atoms with Crippen molar-refractivity contribution in [2.45, 2.75) is 39.7 Å². The van der Waals surface area contributed by atoms with Gasteiger partial charge in [0.25, 0.3) is 0 Å². The van der Waals surface area contributed by atoms with Gasteiger partial charge in [0.15, 0.2) is 5.96 Å². The number of carbonyl (C=O) groups excluding carboxylic acids is 1. The molecular weight excluding hydrogens is 479 g/mol. The average Bonchev–Trinajstić information content (AvgIpc) is 3.21. The minimum atomic E-state index is 0. The predicted octanol–water partition coefficient (Wildman–Crippen LogP) is 2.34. The molecular formula is C21H31IN6O. The molecule has 0 spiro atoms. The number of rotatable bonds is 5. The zero-order valence-corrected chi connectivity index (χ0v) is 20.2. The Hall–Kier alpha value is -2.10. The summed E-state index contributed by atoms with van der Waals surface area (Å²) >= 11 is 0. The van der Waals surface area contributed by atoms with Crippen molar-refractivity contribution in [1.82, 2.24) is 20.4 Å². The van der Waals surface area contributed by atoms with Crippen LogP contribution in [-0.2, 0) is 24.7 Å². The van der Waals surface area contributed by atoms with E-state index in [0.29, 0.717) is 5.96 Å². The van der Waals surface area contributed by atoms with Crippen LogP contribution in [0.25, 0.3) is 0 Å². The highest BCUT2D eigenvalue weighted by molar-refractivity contribution is 14.0. The molecule has 8 heteroatoms. The molecule has 1 amide bonds. The molecule has 1 unspecified atom stereocenters. The molecule has 7 nitrogen and oxygen atoms in total. The van der Waals surface area contributed by atoms with E-state index in [9.17, 15) is 4.79 Å². The van der Waals surface area contributed by atoms with E-state index in [1.807, 2.05) is 41.8 Å². The normalized spacial score (nSPS) is 14.2. The smallest absolute Gasteiger partial charge is 0.246 e. The fraction of sp³-hybridized carbons (Fsp3) is 0.476. The zero-order chi connectivity index (χ0) is 20.3. The summed E-state index contributed by atoms with van der Waals surface area (Å²) in [4.78, 5) is 18.8. The van der Waals surface area contributed by atoms with Crippen molar-refractivity contribution < 1.29 is 4.79 Å². The maximum absolute atomic E-state index is 12.7. The van der Waals surface area contributed by atoms with Crippen LogP contribution in [0.4, 0.5) is 5.69 Å². The third-order valence-electron chi connectivity index (χ3n) is 5.37. The molecule has 0 fully saturated rings. The summed E-state index contributed by atoms with van der Waals surface area (Å²) in [6, 6.07) is 8.25. The average molecular weight is 510 g/mol. The first-order valence-corrected chi connectivity index (χ1v) is 9.75. The number of aliphatic imine (C=N–C) groups is 1. The Labute approximate surface area is 190 Å². The Kier molecular flexibility index (Phi) is 8.06. The number of carbonyl (C=O) groups is 1. The lowest BCUT2D eigenvalue weighted by Gasteiger charge is -2.21. The van der Waals surface area contributed by atoms with E-state index >= 15 is 0 Å². The lowest BCUT2D eigenvalue weighted by atomic mass is 10.1. The molecule has 1 aromatic heterocycles. The second-order valence-corrected chi connectivity index (χ2v) is 7.37. The van der Waals surface area contributed by atoms with Crippen molar-refractivity contribution in [2.24, 2.45) is 12.0 Å². The van der Waals surface area contributed by atoms with Crippen molar-refractivity contribution in [2.75, 3.05) is 25.0 Å². The first-order valence-electron chi connectivity index (χ1n) is 9.75. The summed E-state index contributed by atoms with van der Waals surface area (Å²) in [5, 5.41) is 11.0. The van der Waals surface area contributed by atoms with Crippen LogP contribution in [0.1, 0.15) is 29.4 Å². The van der Waals surface area contributed by atoms with Gasteiger partial charge in [0.2, 0.25) is 5.91 Å². The molecule has 0 radical (unpaired) electrons. The number of aromatic nitrogens is 2. The highest BCUT2D eigenvalue weighted by Gasteiger charge is 2.24. The van der Waals surface area contributed by atoms with Crippen LogP contribution in [0.2, 0.25) is 0 Å². The molecule has 1 aliphatic rings. The van der Waals surface area contributed by atoms with Gasteiger partial charge >= 0.3 is 0 Å². The van der Waals surface area contributed by atoms with Crippen LogP contribution < -0.4 is 15.5 Å². The molecule has 0 saturated carbocycles. The van der Waals surface area contributed by atoms with E-state index in [1.165, 1.54) is 16.8 Å². The van der Waals surface area contributed by atoms with Crippen LogP contribution in [0.3, 0.4) is 0 Å². The number of hydrogen-bond acceptors (Lipinski definition) is 3. The van der Waals surface area contributed by atoms with Gasteiger partial charge < -0.3 is 15.5 Å². The standard InChI is InChI=1S/C21H30N6O.HI/c1-14(12-18-15(2)25-26(5)16(18)3)24-21(22-4)23-13-20(28)27-11-10-17-8-6-7-9-19(17)27;/h6-9,14H,10-13H2,1-5H3,(H2,22,23,24);1H. The highest BCUT2D eigenvalue weighted by atomic mass is 127. The zero-order valence-electron chi connectivity index (χ0n) is 17.8. The monoisotopic (exact) mass is 510 g/mol. The van der Waals surface area contributed by atoms with Gasteiger partial charge in [0, 0.05) is 38.1 Å². The maximum atomic E-state index is 12.7. The maximum Gasteiger partial charge on any atom is 0.246 e. The highest BCUT2D eigenvalue weighted by Crippen LogP contribution is 2.27. The van der Waals surface area contributed by atoms with Crippen molar-refractivity contribution in [3.8, 4) is 0 Å². The summed E-state index contributed by atoms with van der Waals surface area (Å²) in [6.07, 6.45) is 1.76. The fourth-order valence-electron chi connectivity index (χ4n) is 3.75. The first-order chi connectivity index (χ1) is 13.4. The summed E-state index contributed by atoms with van der Waals surface area (Å²) < 4.78 is 1.91. The predicted molar refractivity (Wildman–Crippen MR) is 128 cm³/mol. The molecule has 2 heterocycles. The lowest BCUT2D eigenvalue weighted by Crippen LogP contribution is -2.47. The van der Waals surface area contributed by atoms with Crippen molar-refractivity contribution in [1.29, 1.82) is 0 Å². The van der Waals surface area contributed by atoms with Gasteiger partial charge in [-0.3, -0.25) is 14.5 Å². The van der Waals surface area contributed by atoms with Crippen molar-refractivity contribution in [3.05, 3.63) is 46.8 Å². The van der Waals surface area contributed by atoms with Gasteiger partial charge in [-0.2, -0.15) is 5.10 Å². The molecule has 2 aromatic rings. The third kappa shape index (κ3) is 5.29. The molecule has 0 saturated heterocycles. The Bertz CT molecular complexity index is 891. The minimum Gasteiger partial charge on any atom is -0.354 e. The van der Waals surface area contributed by atoms with Gasteiger partial charge in [-0.25, -0.2) is 0 Å². The number of halogens is 1. The molecule has 158 valence electrons. The van der Waals surface area contributed by atoms with E-state index in [1.54, 1.807) is 7.05 Å². The van der Waals surface area contributed by atoms with Crippen molar-refractivity contribution in [3.63, 3.8) is 0 Å². The van der Waals surface area contributed by atoms with Gasteiger partial charge in [0.1, 0.15) is 0 Å². The van der Waals surface area contributed by atoms with Gasteiger partial charge in [-0.05, 0) is 50.8 Å². The number of fused-ring (bicyclic) bond motifs is 1. The Morgan fingerprint density at radius 3 is 2.69 bits per heavy atom. The minimum absolute atomic E-state index is 0.